The number of aliphatic carboxylic acids is 1. The van der Waals surface area contributed by atoms with E-state index < -0.39 is 5.97 Å². The standard InChI is InChI=1S/C26H24N2O4/c1-28-23-8-7-19(12-20(23)15-27-28)22-10-16(6-9-25(30)31)11-24(29)26(22)32-21-13-17-4-2-3-5-18(17)14-21/h2-5,7-8,10-12,15,21,29H,6,9,13-14H2,1H3,(H,30,31). The van der Waals surface area contributed by atoms with Gasteiger partial charge in [0.05, 0.1) is 11.7 Å². The monoisotopic (exact) mass is 428 g/mol. The quantitative estimate of drug-likeness (QED) is 0.472. The van der Waals surface area contributed by atoms with Gasteiger partial charge < -0.3 is 14.9 Å². The average Bonchev–Trinajstić information content (AvgIpc) is 3.36. The predicted molar refractivity (Wildman–Crippen MR) is 122 cm³/mol. The molecule has 0 amide bonds. The fourth-order valence-electron chi connectivity index (χ4n) is 4.51. The van der Waals surface area contributed by atoms with Crippen LogP contribution in [-0.4, -0.2) is 32.1 Å². The van der Waals surface area contributed by atoms with Gasteiger partial charge in [0, 0.05) is 37.3 Å². The average molecular weight is 428 g/mol. The van der Waals surface area contributed by atoms with Crippen molar-refractivity contribution < 1.29 is 19.7 Å². The lowest BCUT2D eigenvalue weighted by Gasteiger charge is -2.19. The molecule has 0 saturated heterocycles. The smallest absolute Gasteiger partial charge is 0.303 e. The number of phenols is 1. The summed E-state index contributed by atoms with van der Waals surface area (Å²) in [5.74, 6) is -0.401. The van der Waals surface area contributed by atoms with Crippen molar-refractivity contribution in [1.82, 2.24) is 9.78 Å². The van der Waals surface area contributed by atoms with E-state index in [2.05, 4.69) is 17.2 Å². The van der Waals surface area contributed by atoms with Crippen molar-refractivity contribution in [3.63, 3.8) is 0 Å². The summed E-state index contributed by atoms with van der Waals surface area (Å²) in [5, 5.41) is 25.3. The molecule has 0 atom stereocenters. The molecule has 1 aliphatic carbocycles. The minimum Gasteiger partial charge on any atom is -0.504 e. The van der Waals surface area contributed by atoms with Crippen LogP contribution in [0.3, 0.4) is 0 Å². The number of carboxylic acids is 1. The summed E-state index contributed by atoms with van der Waals surface area (Å²) in [6.45, 7) is 0. The maximum Gasteiger partial charge on any atom is 0.303 e. The number of ether oxygens (including phenoxy) is 1. The van der Waals surface area contributed by atoms with Gasteiger partial charge in [0.2, 0.25) is 0 Å². The normalized spacial score (nSPS) is 13.4. The second kappa shape index (κ2) is 8.04. The molecule has 0 aliphatic heterocycles. The van der Waals surface area contributed by atoms with Crippen molar-refractivity contribution in [1.29, 1.82) is 0 Å². The summed E-state index contributed by atoms with van der Waals surface area (Å²) in [6, 6.07) is 17.8. The van der Waals surface area contributed by atoms with Gasteiger partial charge in [-0.15, -0.1) is 0 Å². The molecule has 2 N–H and O–H groups in total. The molecular formula is C26H24N2O4. The van der Waals surface area contributed by atoms with Gasteiger partial charge >= 0.3 is 5.97 Å². The predicted octanol–water partition coefficient (Wildman–Crippen LogP) is 4.51. The Morgan fingerprint density at radius 2 is 1.88 bits per heavy atom. The highest BCUT2D eigenvalue weighted by atomic mass is 16.5. The molecule has 0 radical (unpaired) electrons. The highest BCUT2D eigenvalue weighted by Gasteiger charge is 2.25. The molecule has 6 heteroatoms. The zero-order valence-electron chi connectivity index (χ0n) is 17.8. The number of aromatic hydroxyl groups is 1. The van der Waals surface area contributed by atoms with Crippen molar-refractivity contribution in [3.05, 3.63) is 77.5 Å². The van der Waals surface area contributed by atoms with Gasteiger partial charge in [-0.25, -0.2) is 0 Å². The van der Waals surface area contributed by atoms with Gasteiger partial charge in [-0.2, -0.15) is 5.10 Å². The lowest BCUT2D eigenvalue weighted by molar-refractivity contribution is -0.136. The van der Waals surface area contributed by atoms with Crippen LogP contribution in [0.1, 0.15) is 23.1 Å². The second-order valence-corrected chi connectivity index (χ2v) is 8.34. The number of hydrogen-bond acceptors (Lipinski definition) is 4. The minimum absolute atomic E-state index is 0.00133. The molecule has 1 heterocycles. The number of aryl methyl sites for hydroxylation is 2. The summed E-state index contributed by atoms with van der Waals surface area (Å²) >= 11 is 0. The maximum atomic E-state index is 11.1. The molecule has 0 saturated carbocycles. The Hall–Kier alpha value is -3.80. The molecule has 0 spiro atoms. The number of carbonyl (C=O) groups is 1. The molecule has 4 aromatic rings. The van der Waals surface area contributed by atoms with E-state index in [9.17, 15) is 9.90 Å². The molecule has 1 aromatic heterocycles. The van der Waals surface area contributed by atoms with E-state index in [0.29, 0.717) is 12.2 Å². The Morgan fingerprint density at radius 1 is 1.12 bits per heavy atom. The first kappa shape index (κ1) is 20.1. The van der Waals surface area contributed by atoms with Crippen molar-refractivity contribution in [3.8, 4) is 22.6 Å². The molecule has 6 nitrogen and oxygen atoms in total. The van der Waals surface area contributed by atoms with E-state index in [1.165, 1.54) is 11.1 Å². The van der Waals surface area contributed by atoms with Gasteiger partial charge in [-0.3, -0.25) is 9.48 Å². The third-order valence-corrected chi connectivity index (χ3v) is 6.11. The van der Waals surface area contributed by atoms with E-state index in [0.717, 1.165) is 40.4 Å². The zero-order chi connectivity index (χ0) is 22.2. The van der Waals surface area contributed by atoms with E-state index >= 15 is 0 Å². The largest absolute Gasteiger partial charge is 0.504 e. The first-order valence-electron chi connectivity index (χ1n) is 10.7. The number of phenolic OH excluding ortho intramolecular Hbond substituents is 1. The van der Waals surface area contributed by atoms with Crippen LogP contribution < -0.4 is 4.74 Å². The van der Waals surface area contributed by atoms with Crippen LogP contribution in [0.15, 0.2) is 60.8 Å². The van der Waals surface area contributed by atoms with Crippen LogP contribution >= 0.6 is 0 Å². The van der Waals surface area contributed by atoms with E-state index in [1.807, 2.05) is 48.1 Å². The van der Waals surface area contributed by atoms with Gasteiger partial charge in [-0.05, 0) is 52.9 Å². The van der Waals surface area contributed by atoms with Crippen LogP contribution in [-0.2, 0) is 31.1 Å². The summed E-state index contributed by atoms with van der Waals surface area (Å²) in [4.78, 5) is 11.1. The number of hydrogen-bond donors (Lipinski definition) is 2. The van der Waals surface area contributed by atoms with Crippen LogP contribution in [0.5, 0.6) is 11.5 Å². The van der Waals surface area contributed by atoms with Crippen LogP contribution in [0, 0.1) is 0 Å². The first-order valence-corrected chi connectivity index (χ1v) is 10.7. The number of benzene rings is 3. The summed E-state index contributed by atoms with van der Waals surface area (Å²) in [5.41, 5.74) is 5.96. The molecule has 162 valence electrons. The van der Waals surface area contributed by atoms with Gasteiger partial charge in [0.1, 0.15) is 6.10 Å². The molecule has 3 aromatic carbocycles. The van der Waals surface area contributed by atoms with E-state index in [-0.39, 0.29) is 18.3 Å². The Bertz CT molecular complexity index is 1300. The van der Waals surface area contributed by atoms with Gasteiger partial charge in [-0.1, -0.05) is 30.3 Å². The number of nitrogens with zero attached hydrogens (tertiary/aromatic N) is 2. The fraction of sp³-hybridized carbons (Fsp3) is 0.231. The molecule has 1 aliphatic rings. The number of aromatic nitrogens is 2. The minimum atomic E-state index is -0.869. The Labute approximate surface area is 185 Å². The topological polar surface area (TPSA) is 84.6 Å². The van der Waals surface area contributed by atoms with E-state index in [4.69, 9.17) is 9.84 Å². The van der Waals surface area contributed by atoms with Crippen LogP contribution in [0.25, 0.3) is 22.0 Å². The SMILES string of the molecule is Cn1ncc2cc(-c3cc(CCC(=O)O)cc(O)c3OC3Cc4ccccc4C3)ccc21. The van der Waals surface area contributed by atoms with Crippen molar-refractivity contribution in [2.75, 3.05) is 0 Å². The second-order valence-electron chi connectivity index (χ2n) is 8.34. The Balaban J connectivity index is 1.54. The maximum absolute atomic E-state index is 11.1. The highest BCUT2D eigenvalue weighted by Crippen LogP contribution is 2.42. The fourth-order valence-corrected chi connectivity index (χ4v) is 4.51. The van der Waals surface area contributed by atoms with Crippen molar-refractivity contribution >= 4 is 16.9 Å². The highest BCUT2D eigenvalue weighted by molar-refractivity contribution is 5.86. The number of carboxylic acid groups (broad SMARTS) is 1. The van der Waals surface area contributed by atoms with Crippen molar-refractivity contribution in [2.45, 2.75) is 31.8 Å². The van der Waals surface area contributed by atoms with E-state index in [1.54, 1.807) is 12.3 Å². The molecule has 5 rings (SSSR count). The summed E-state index contributed by atoms with van der Waals surface area (Å²) in [7, 11) is 1.90. The summed E-state index contributed by atoms with van der Waals surface area (Å²) < 4.78 is 8.20. The number of rotatable bonds is 6. The molecular weight excluding hydrogens is 404 g/mol. The third-order valence-electron chi connectivity index (χ3n) is 6.11. The van der Waals surface area contributed by atoms with Crippen molar-refractivity contribution in [2.24, 2.45) is 7.05 Å². The lowest BCUT2D eigenvalue weighted by Crippen LogP contribution is -2.17. The molecule has 32 heavy (non-hydrogen) atoms. The lowest BCUT2D eigenvalue weighted by atomic mass is 9.98. The Kier molecular flexibility index (Phi) is 5.05. The number of fused-ring (bicyclic) bond motifs is 2. The third kappa shape index (κ3) is 3.80. The van der Waals surface area contributed by atoms with Crippen LogP contribution in [0.2, 0.25) is 0 Å². The Morgan fingerprint density at radius 3 is 2.59 bits per heavy atom. The first-order chi connectivity index (χ1) is 15.5. The zero-order valence-corrected chi connectivity index (χ0v) is 17.8. The van der Waals surface area contributed by atoms with Gasteiger partial charge in [0.15, 0.2) is 11.5 Å². The van der Waals surface area contributed by atoms with Crippen LogP contribution in [0.4, 0.5) is 0 Å². The molecule has 0 fully saturated rings. The summed E-state index contributed by atoms with van der Waals surface area (Å²) in [6.07, 6.45) is 3.65. The van der Waals surface area contributed by atoms with Gasteiger partial charge in [0.25, 0.3) is 0 Å². The molecule has 0 bridgehead atoms. The molecule has 0 unspecified atom stereocenters.